The molecule has 1 aromatic rings. The van der Waals surface area contributed by atoms with Gasteiger partial charge in [-0.25, -0.2) is 13.4 Å². The van der Waals surface area contributed by atoms with Gasteiger partial charge < -0.3 is 11.5 Å². The smallest absolute Gasteiger partial charge is 0.245 e. The van der Waals surface area contributed by atoms with Crippen molar-refractivity contribution in [2.24, 2.45) is 5.73 Å². The molecule has 8 heteroatoms. The number of rotatable bonds is 5. The number of anilines is 1. The molecule has 0 spiro atoms. The molecule has 100 valence electrons. The minimum Gasteiger partial charge on any atom is -0.384 e. The Balaban J connectivity index is 3.16. The first-order valence-corrected chi connectivity index (χ1v) is 6.71. The molecule has 0 unspecified atom stereocenters. The number of carbonyl (C=O) groups excluding carboxylic acids is 1. The van der Waals surface area contributed by atoms with E-state index in [2.05, 4.69) is 4.98 Å². The zero-order chi connectivity index (χ0) is 13.9. The Morgan fingerprint density at radius 3 is 2.44 bits per heavy atom. The minimum atomic E-state index is -3.80. The zero-order valence-corrected chi connectivity index (χ0v) is 11.0. The average Bonchev–Trinajstić information content (AvgIpc) is 2.25. The fraction of sp³-hybridized carbons (Fsp3) is 0.400. The van der Waals surface area contributed by atoms with Gasteiger partial charge in [-0.3, -0.25) is 4.79 Å². The molecule has 0 aliphatic carbocycles. The first-order chi connectivity index (χ1) is 8.25. The molecular formula is C10H16N4O3S. The van der Waals surface area contributed by atoms with E-state index in [1.54, 1.807) is 13.8 Å². The van der Waals surface area contributed by atoms with Gasteiger partial charge in [-0.05, 0) is 26.0 Å². The maximum atomic E-state index is 12.3. The summed E-state index contributed by atoms with van der Waals surface area (Å²) in [5.74, 6) is -0.490. The van der Waals surface area contributed by atoms with E-state index in [-0.39, 0.29) is 23.3 Å². The van der Waals surface area contributed by atoms with Gasteiger partial charge in [0.25, 0.3) is 0 Å². The third kappa shape index (κ3) is 3.17. The van der Waals surface area contributed by atoms with Gasteiger partial charge >= 0.3 is 0 Å². The second kappa shape index (κ2) is 5.32. The van der Waals surface area contributed by atoms with Crippen LogP contribution in [-0.2, 0) is 14.8 Å². The Hall–Kier alpha value is -1.67. The summed E-state index contributed by atoms with van der Waals surface area (Å²) in [7, 11) is -3.80. The van der Waals surface area contributed by atoms with Crippen LogP contribution in [0, 0.1) is 0 Å². The van der Waals surface area contributed by atoms with Crippen molar-refractivity contribution in [3.8, 4) is 0 Å². The Morgan fingerprint density at radius 2 is 2.06 bits per heavy atom. The molecule has 0 aliphatic rings. The lowest BCUT2D eigenvalue weighted by molar-refractivity contribution is -0.118. The quantitative estimate of drug-likeness (QED) is 0.752. The second-order valence-corrected chi connectivity index (χ2v) is 5.92. The lowest BCUT2D eigenvalue weighted by atomic mass is 10.4. The van der Waals surface area contributed by atoms with E-state index in [4.69, 9.17) is 11.5 Å². The number of carbonyl (C=O) groups is 1. The molecule has 18 heavy (non-hydrogen) atoms. The molecule has 0 radical (unpaired) electrons. The molecule has 7 nitrogen and oxygen atoms in total. The van der Waals surface area contributed by atoms with Gasteiger partial charge in [-0.2, -0.15) is 4.31 Å². The highest BCUT2D eigenvalue weighted by atomic mass is 32.2. The maximum absolute atomic E-state index is 12.3. The molecule has 1 amide bonds. The van der Waals surface area contributed by atoms with Crippen molar-refractivity contribution in [1.82, 2.24) is 9.29 Å². The van der Waals surface area contributed by atoms with Crippen molar-refractivity contribution < 1.29 is 13.2 Å². The standard InChI is InChI=1S/C10H16N4O3S/c1-7(2)14(6-10(12)15)18(16,17)8-3-4-9(11)13-5-8/h3-5,7H,6H2,1-2H3,(H2,11,13)(H2,12,15). The van der Waals surface area contributed by atoms with Crippen LogP contribution in [0.1, 0.15) is 13.8 Å². The molecule has 1 aromatic heterocycles. The van der Waals surface area contributed by atoms with Gasteiger partial charge in [0.05, 0.1) is 6.54 Å². The number of amides is 1. The molecule has 0 aliphatic heterocycles. The highest BCUT2D eigenvalue weighted by Gasteiger charge is 2.28. The summed E-state index contributed by atoms with van der Waals surface area (Å²) >= 11 is 0. The van der Waals surface area contributed by atoms with E-state index in [0.717, 1.165) is 10.5 Å². The Morgan fingerprint density at radius 1 is 1.44 bits per heavy atom. The first kappa shape index (κ1) is 14.4. The molecule has 0 fully saturated rings. The Bertz CT molecular complexity index is 525. The topological polar surface area (TPSA) is 119 Å². The summed E-state index contributed by atoms with van der Waals surface area (Å²) in [4.78, 5) is 14.6. The molecule has 0 saturated heterocycles. The Labute approximate surface area is 106 Å². The summed E-state index contributed by atoms with van der Waals surface area (Å²) in [6.45, 7) is 2.95. The van der Waals surface area contributed by atoms with Crippen molar-refractivity contribution in [2.75, 3.05) is 12.3 Å². The number of hydrogen-bond donors (Lipinski definition) is 2. The number of nitrogen functional groups attached to an aromatic ring is 1. The van der Waals surface area contributed by atoms with Crippen LogP contribution in [0.4, 0.5) is 5.82 Å². The van der Waals surface area contributed by atoms with Crippen LogP contribution in [-0.4, -0.2) is 36.2 Å². The fourth-order valence-corrected chi connectivity index (χ4v) is 2.93. The van der Waals surface area contributed by atoms with E-state index in [1.807, 2.05) is 0 Å². The van der Waals surface area contributed by atoms with Gasteiger partial charge in [0, 0.05) is 12.2 Å². The fourth-order valence-electron chi connectivity index (χ4n) is 1.38. The molecule has 1 heterocycles. The monoisotopic (exact) mass is 272 g/mol. The van der Waals surface area contributed by atoms with Crippen LogP contribution in [0.3, 0.4) is 0 Å². The summed E-state index contributed by atoms with van der Waals surface area (Å²) in [5.41, 5.74) is 10.4. The molecule has 0 saturated carbocycles. The number of sulfonamides is 1. The normalized spacial score (nSPS) is 12.0. The number of aromatic nitrogens is 1. The predicted molar refractivity (Wildman–Crippen MR) is 66.9 cm³/mol. The van der Waals surface area contributed by atoms with E-state index >= 15 is 0 Å². The van der Waals surface area contributed by atoms with Crippen LogP contribution in [0.5, 0.6) is 0 Å². The van der Waals surface area contributed by atoms with Gasteiger partial charge in [-0.15, -0.1) is 0 Å². The van der Waals surface area contributed by atoms with E-state index in [1.165, 1.54) is 12.1 Å². The summed E-state index contributed by atoms with van der Waals surface area (Å²) in [5, 5.41) is 0. The number of primary amides is 1. The van der Waals surface area contributed by atoms with Crippen LogP contribution >= 0.6 is 0 Å². The average molecular weight is 272 g/mol. The predicted octanol–water partition coefficient (Wildman–Crippen LogP) is -0.452. The van der Waals surface area contributed by atoms with Crippen LogP contribution < -0.4 is 11.5 Å². The third-order valence-electron chi connectivity index (χ3n) is 2.25. The molecular weight excluding hydrogens is 256 g/mol. The van der Waals surface area contributed by atoms with Crippen molar-refractivity contribution >= 4 is 21.7 Å². The van der Waals surface area contributed by atoms with Crippen LogP contribution in [0.2, 0.25) is 0 Å². The van der Waals surface area contributed by atoms with Gasteiger partial charge in [0.1, 0.15) is 10.7 Å². The maximum Gasteiger partial charge on any atom is 0.245 e. The largest absolute Gasteiger partial charge is 0.384 e. The summed E-state index contributed by atoms with van der Waals surface area (Å²) in [6, 6.07) is 2.34. The SMILES string of the molecule is CC(C)N(CC(N)=O)S(=O)(=O)c1ccc(N)nc1. The number of hydrogen-bond acceptors (Lipinski definition) is 5. The molecule has 4 N–H and O–H groups in total. The van der Waals surface area contributed by atoms with E-state index < -0.39 is 15.9 Å². The highest BCUT2D eigenvalue weighted by molar-refractivity contribution is 7.89. The van der Waals surface area contributed by atoms with Crippen molar-refractivity contribution in [3.63, 3.8) is 0 Å². The van der Waals surface area contributed by atoms with E-state index in [0.29, 0.717) is 0 Å². The Kier molecular flexibility index (Phi) is 4.25. The van der Waals surface area contributed by atoms with Gasteiger partial charge in [0.15, 0.2) is 0 Å². The summed E-state index contributed by atoms with van der Waals surface area (Å²) < 4.78 is 25.5. The van der Waals surface area contributed by atoms with Gasteiger partial charge in [-0.1, -0.05) is 0 Å². The van der Waals surface area contributed by atoms with Crippen molar-refractivity contribution in [1.29, 1.82) is 0 Å². The van der Waals surface area contributed by atoms with Gasteiger partial charge in [0.2, 0.25) is 15.9 Å². The molecule has 1 rings (SSSR count). The number of nitrogens with two attached hydrogens (primary N) is 2. The second-order valence-electron chi connectivity index (χ2n) is 4.03. The number of nitrogens with zero attached hydrogens (tertiary/aromatic N) is 2. The third-order valence-corrected chi connectivity index (χ3v) is 4.26. The lowest BCUT2D eigenvalue weighted by Gasteiger charge is -2.24. The van der Waals surface area contributed by atoms with Crippen molar-refractivity contribution in [2.45, 2.75) is 24.8 Å². The zero-order valence-electron chi connectivity index (χ0n) is 10.2. The highest BCUT2D eigenvalue weighted by Crippen LogP contribution is 2.17. The minimum absolute atomic E-state index is 0.0216. The van der Waals surface area contributed by atoms with E-state index in [9.17, 15) is 13.2 Å². The molecule has 0 aromatic carbocycles. The van der Waals surface area contributed by atoms with Crippen molar-refractivity contribution in [3.05, 3.63) is 18.3 Å². The molecule has 0 bridgehead atoms. The molecule has 0 atom stereocenters. The lowest BCUT2D eigenvalue weighted by Crippen LogP contribution is -2.42. The van der Waals surface area contributed by atoms with Crippen LogP contribution in [0.15, 0.2) is 23.2 Å². The first-order valence-electron chi connectivity index (χ1n) is 5.27. The summed E-state index contributed by atoms with van der Waals surface area (Å²) in [6.07, 6.45) is 1.15. The van der Waals surface area contributed by atoms with Crippen LogP contribution in [0.25, 0.3) is 0 Å². The number of pyridine rings is 1.